The van der Waals surface area contributed by atoms with Crippen molar-refractivity contribution in [2.24, 2.45) is 0 Å². The Kier molecular flexibility index (Phi) is 2.93. The smallest absolute Gasteiger partial charge is 0.0814 e. The van der Waals surface area contributed by atoms with Crippen LogP contribution in [0.5, 0.6) is 0 Å². The highest BCUT2D eigenvalue weighted by atomic mass is 14.6. The average molecular weight is 107 g/mol. The summed E-state index contributed by atoms with van der Waals surface area (Å²) < 4.78 is 0. The second-order valence-electron chi connectivity index (χ2n) is 1.47. The summed E-state index contributed by atoms with van der Waals surface area (Å²) in [7, 11) is 0. The van der Waals surface area contributed by atoms with Crippen molar-refractivity contribution in [3.63, 3.8) is 0 Å². The zero-order valence-electron chi connectivity index (χ0n) is 4.26. The number of pyridine rings is 1. The van der Waals surface area contributed by atoms with Gasteiger partial charge in [0, 0.05) is 11.9 Å². The molecule has 42 valence electrons. The van der Waals surface area contributed by atoms with Crippen LogP contribution < -0.4 is 0 Å². The van der Waals surface area contributed by atoms with E-state index in [0.29, 0.717) is 0 Å². The zero-order valence-corrected chi connectivity index (χ0v) is 4.26. The Labute approximate surface area is 51.3 Å². The molecular formula is C6H10BN. The van der Waals surface area contributed by atoms with Gasteiger partial charge in [0.2, 0.25) is 0 Å². The zero-order chi connectivity index (χ0) is 5.11. The third-order valence-corrected chi connectivity index (χ3v) is 0.813. The fourth-order valence-corrected chi connectivity index (χ4v) is 0.448. The van der Waals surface area contributed by atoms with Crippen LogP contribution in [0.4, 0.5) is 0 Å². The molecule has 0 amide bonds. The van der Waals surface area contributed by atoms with Gasteiger partial charge in [-0.15, -0.1) is 0 Å². The standard InChI is InChI=1S/C6H7N.BH3/c1-6-4-2-3-5-7-6;/h2-5H,1H3;1H3. The highest BCUT2D eigenvalue weighted by Crippen LogP contribution is 1.85. The molecule has 0 aliphatic carbocycles. The van der Waals surface area contributed by atoms with E-state index in [1.54, 1.807) is 6.20 Å². The molecule has 0 aromatic carbocycles. The van der Waals surface area contributed by atoms with Gasteiger partial charge in [-0.2, -0.15) is 0 Å². The Hall–Kier alpha value is -0.785. The lowest BCUT2D eigenvalue weighted by atomic mass is 10.4. The minimum absolute atomic E-state index is 0. The van der Waals surface area contributed by atoms with Crippen LogP contribution in [0.2, 0.25) is 0 Å². The third-order valence-electron chi connectivity index (χ3n) is 0.813. The number of hydrogen-bond donors (Lipinski definition) is 0. The molecule has 8 heavy (non-hydrogen) atoms. The van der Waals surface area contributed by atoms with Crippen LogP contribution in [0.1, 0.15) is 5.69 Å². The van der Waals surface area contributed by atoms with Gasteiger partial charge in [-0.25, -0.2) is 0 Å². The molecule has 0 fully saturated rings. The predicted molar refractivity (Wildman–Crippen MR) is 38.9 cm³/mol. The maximum Gasteiger partial charge on any atom is 0.0814 e. The molecule has 1 nitrogen and oxygen atoms in total. The molecule has 0 radical (unpaired) electrons. The first-order chi connectivity index (χ1) is 3.39. The summed E-state index contributed by atoms with van der Waals surface area (Å²) in [5.74, 6) is 0. The molecule has 0 spiro atoms. The Bertz CT molecular complexity index is 138. The minimum Gasteiger partial charge on any atom is -0.262 e. The Morgan fingerprint density at radius 3 is 2.38 bits per heavy atom. The maximum absolute atomic E-state index is 3.98. The van der Waals surface area contributed by atoms with Gasteiger partial charge < -0.3 is 0 Å². The lowest BCUT2D eigenvalue weighted by Crippen LogP contribution is -1.72. The van der Waals surface area contributed by atoms with E-state index < -0.39 is 0 Å². The van der Waals surface area contributed by atoms with Crippen LogP contribution in [0.3, 0.4) is 0 Å². The van der Waals surface area contributed by atoms with E-state index in [-0.39, 0.29) is 8.41 Å². The summed E-state index contributed by atoms with van der Waals surface area (Å²) in [6.45, 7) is 1.97. The summed E-state index contributed by atoms with van der Waals surface area (Å²) in [6.07, 6.45) is 1.79. The van der Waals surface area contributed by atoms with Gasteiger partial charge in [0.05, 0.1) is 8.41 Å². The molecule has 0 aliphatic rings. The first-order valence-electron chi connectivity index (χ1n) is 2.27. The topological polar surface area (TPSA) is 12.9 Å². The van der Waals surface area contributed by atoms with Crippen molar-refractivity contribution in [1.82, 2.24) is 4.98 Å². The highest BCUT2D eigenvalue weighted by molar-refractivity contribution is 5.75. The van der Waals surface area contributed by atoms with Crippen molar-refractivity contribution < 1.29 is 0 Å². The largest absolute Gasteiger partial charge is 0.262 e. The number of aromatic nitrogens is 1. The molecular weight excluding hydrogens is 96.9 g/mol. The van der Waals surface area contributed by atoms with E-state index in [0.717, 1.165) is 5.69 Å². The molecule has 0 N–H and O–H groups in total. The molecule has 1 heterocycles. The molecule has 0 unspecified atom stereocenters. The molecule has 0 aliphatic heterocycles. The molecule has 0 saturated carbocycles. The monoisotopic (exact) mass is 107 g/mol. The molecule has 2 heteroatoms. The van der Waals surface area contributed by atoms with E-state index in [1.807, 2.05) is 25.1 Å². The summed E-state index contributed by atoms with van der Waals surface area (Å²) in [5.41, 5.74) is 1.07. The minimum atomic E-state index is 0. The summed E-state index contributed by atoms with van der Waals surface area (Å²) >= 11 is 0. The van der Waals surface area contributed by atoms with Crippen LogP contribution in [-0.2, 0) is 0 Å². The molecule has 1 aromatic rings. The van der Waals surface area contributed by atoms with Crippen molar-refractivity contribution in [2.45, 2.75) is 6.92 Å². The second kappa shape index (κ2) is 3.25. The summed E-state index contributed by atoms with van der Waals surface area (Å²) in [6, 6.07) is 5.86. The molecule has 0 atom stereocenters. The Morgan fingerprint density at radius 1 is 1.38 bits per heavy atom. The fourth-order valence-electron chi connectivity index (χ4n) is 0.448. The van der Waals surface area contributed by atoms with Crippen molar-refractivity contribution in [1.29, 1.82) is 0 Å². The quantitative estimate of drug-likeness (QED) is 0.431. The molecule has 0 bridgehead atoms. The van der Waals surface area contributed by atoms with Crippen molar-refractivity contribution in [3.05, 3.63) is 30.1 Å². The van der Waals surface area contributed by atoms with Crippen molar-refractivity contribution in [2.75, 3.05) is 0 Å². The SMILES string of the molecule is B.Cc1ccccn1. The lowest BCUT2D eigenvalue weighted by molar-refractivity contribution is 1.20. The lowest BCUT2D eigenvalue weighted by Gasteiger charge is -1.82. The van der Waals surface area contributed by atoms with Crippen LogP contribution in [0.25, 0.3) is 0 Å². The van der Waals surface area contributed by atoms with Crippen molar-refractivity contribution in [3.8, 4) is 0 Å². The Morgan fingerprint density at radius 2 is 2.12 bits per heavy atom. The van der Waals surface area contributed by atoms with Gasteiger partial charge in [-0.1, -0.05) is 6.07 Å². The Balaban J connectivity index is 0.000000490. The van der Waals surface area contributed by atoms with Gasteiger partial charge >= 0.3 is 0 Å². The van der Waals surface area contributed by atoms with E-state index in [9.17, 15) is 0 Å². The van der Waals surface area contributed by atoms with Gasteiger partial charge in [-0.3, -0.25) is 4.98 Å². The fraction of sp³-hybridized carbons (Fsp3) is 0.167. The maximum atomic E-state index is 3.98. The van der Waals surface area contributed by atoms with Gasteiger partial charge in [0.25, 0.3) is 0 Å². The van der Waals surface area contributed by atoms with Crippen LogP contribution in [0, 0.1) is 6.92 Å². The first kappa shape index (κ1) is 7.21. The number of nitrogens with zero attached hydrogens (tertiary/aromatic N) is 1. The summed E-state index contributed by atoms with van der Waals surface area (Å²) in [5, 5.41) is 0. The van der Waals surface area contributed by atoms with E-state index in [1.165, 1.54) is 0 Å². The number of aryl methyl sites for hydroxylation is 1. The average Bonchev–Trinajstić information content (AvgIpc) is 1.69. The van der Waals surface area contributed by atoms with Gasteiger partial charge in [0.15, 0.2) is 0 Å². The summed E-state index contributed by atoms with van der Waals surface area (Å²) in [4.78, 5) is 3.98. The van der Waals surface area contributed by atoms with E-state index in [4.69, 9.17) is 0 Å². The van der Waals surface area contributed by atoms with Crippen LogP contribution in [0.15, 0.2) is 24.4 Å². The molecule has 1 aromatic heterocycles. The van der Waals surface area contributed by atoms with Crippen LogP contribution in [-0.4, -0.2) is 13.4 Å². The molecule has 1 rings (SSSR count). The highest BCUT2D eigenvalue weighted by Gasteiger charge is 1.73. The van der Waals surface area contributed by atoms with E-state index in [2.05, 4.69) is 4.98 Å². The third kappa shape index (κ3) is 1.78. The number of rotatable bonds is 0. The first-order valence-corrected chi connectivity index (χ1v) is 2.27. The van der Waals surface area contributed by atoms with Gasteiger partial charge in [-0.05, 0) is 19.1 Å². The van der Waals surface area contributed by atoms with Crippen LogP contribution >= 0.6 is 0 Å². The normalized spacial score (nSPS) is 7.62. The molecule has 0 saturated heterocycles. The van der Waals surface area contributed by atoms with Gasteiger partial charge in [0.1, 0.15) is 0 Å². The van der Waals surface area contributed by atoms with E-state index >= 15 is 0 Å². The van der Waals surface area contributed by atoms with Crippen molar-refractivity contribution >= 4 is 8.41 Å². The number of hydrogen-bond acceptors (Lipinski definition) is 1. The second-order valence-corrected chi connectivity index (χ2v) is 1.47. The predicted octanol–water partition coefficient (Wildman–Crippen LogP) is 0.206.